The van der Waals surface area contributed by atoms with Crippen LogP contribution in [0.3, 0.4) is 0 Å². The van der Waals surface area contributed by atoms with E-state index in [1.165, 1.54) is 4.88 Å². The first-order chi connectivity index (χ1) is 8.84. The first-order valence-corrected chi connectivity index (χ1v) is 6.50. The van der Waals surface area contributed by atoms with Crippen LogP contribution in [0.2, 0.25) is 0 Å². The molecular weight excluding hydrogens is 240 g/mol. The van der Waals surface area contributed by atoms with E-state index in [2.05, 4.69) is 18.0 Å². The summed E-state index contributed by atoms with van der Waals surface area (Å²) in [5, 5.41) is 1.02. The molecule has 0 bridgehead atoms. The van der Waals surface area contributed by atoms with Gasteiger partial charge in [-0.25, -0.2) is 4.98 Å². The molecule has 0 aliphatic rings. The Labute approximate surface area is 110 Å². The Kier molecular flexibility index (Phi) is 2.90. The molecule has 2 heterocycles. The number of rotatable bonds is 2. The quantitative estimate of drug-likeness (QED) is 0.688. The molecule has 0 saturated heterocycles. The molecule has 3 rings (SSSR count). The number of aromatic nitrogens is 2. The molecule has 1 aromatic carbocycles. The number of hydrogen-bond acceptors (Lipinski definition) is 3. The normalized spacial score (nSPS) is 10.5. The summed E-state index contributed by atoms with van der Waals surface area (Å²) < 4.78 is 0. The SMILES string of the molecule is Cc1sc(-c2cccnc2)nc1-c1cc[c]cc1. The van der Waals surface area contributed by atoms with Gasteiger partial charge in [0.25, 0.3) is 0 Å². The standard InChI is InChI=1S/C15H11N2S/c1-11-14(12-6-3-2-4-7-12)17-15(18-11)13-8-5-9-16-10-13/h3-10H,1H3. The Balaban J connectivity index is 2.07. The Bertz CT molecular complexity index is 645. The lowest BCUT2D eigenvalue weighted by atomic mass is 10.1. The highest BCUT2D eigenvalue weighted by atomic mass is 32.1. The highest BCUT2D eigenvalue weighted by molar-refractivity contribution is 7.15. The third-order valence-corrected chi connectivity index (χ3v) is 3.72. The van der Waals surface area contributed by atoms with Crippen LogP contribution in [0.15, 0.2) is 48.8 Å². The van der Waals surface area contributed by atoms with Gasteiger partial charge in [0.1, 0.15) is 5.01 Å². The first-order valence-electron chi connectivity index (χ1n) is 5.69. The summed E-state index contributed by atoms with van der Waals surface area (Å²) in [5.41, 5.74) is 3.25. The third kappa shape index (κ3) is 2.05. The summed E-state index contributed by atoms with van der Waals surface area (Å²) in [6.07, 6.45) is 3.62. The maximum absolute atomic E-state index is 4.71. The van der Waals surface area contributed by atoms with Gasteiger partial charge in [0.15, 0.2) is 0 Å². The number of nitrogens with zero attached hydrogens (tertiary/aromatic N) is 2. The second-order valence-corrected chi connectivity index (χ2v) is 5.16. The molecule has 0 saturated carbocycles. The van der Waals surface area contributed by atoms with Crippen LogP contribution < -0.4 is 0 Å². The van der Waals surface area contributed by atoms with Crippen LogP contribution in [0.5, 0.6) is 0 Å². The van der Waals surface area contributed by atoms with E-state index in [1.807, 2.05) is 42.6 Å². The van der Waals surface area contributed by atoms with Crippen molar-refractivity contribution in [2.45, 2.75) is 6.92 Å². The first kappa shape index (κ1) is 11.1. The van der Waals surface area contributed by atoms with Crippen molar-refractivity contribution in [3.8, 4) is 21.8 Å². The summed E-state index contributed by atoms with van der Waals surface area (Å²) in [6.45, 7) is 2.10. The second kappa shape index (κ2) is 4.70. The predicted molar refractivity (Wildman–Crippen MR) is 74.4 cm³/mol. The van der Waals surface area contributed by atoms with Gasteiger partial charge in [-0.1, -0.05) is 24.3 Å². The van der Waals surface area contributed by atoms with Gasteiger partial charge in [-0.15, -0.1) is 11.3 Å². The van der Waals surface area contributed by atoms with Crippen molar-refractivity contribution in [3.05, 3.63) is 59.7 Å². The van der Waals surface area contributed by atoms with Crippen LogP contribution in [0.4, 0.5) is 0 Å². The lowest BCUT2D eigenvalue weighted by Crippen LogP contribution is -1.81. The van der Waals surface area contributed by atoms with Crippen molar-refractivity contribution in [3.63, 3.8) is 0 Å². The maximum Gasteiger partial charge on any atom is 0.125 e. The average Bonchev–Trinajstić information content (AvgIpc) is 2.83. The summed E-state index contributed by atoms with van der Waals surface area (Å²) >= 11 is 1.70. The van der Waals surface area contributed by atoms with E-state index < -0.39 is 0 Å². The predicted octanol–water partition coefficient (Wildman–Crippen LogP) is 3.98. The largest absolute Gasteiger partial charge is 0.264 e. The number of benzene rings is 1. The van der Waals surface area contributed by atoms with Crippen LogP contribution in [-0.4, -0.2) is 9.97 Å². The minimum atomic E-state index is 1.02. The van der Waals surface area contributed by atoms with Gasteiger partial charge in [-0.3, -0.25) is 4.98 Å². The van der Waals surface area contributed by atoms with Crippen LogP contribution >= 0.6 is 11.3 Å². The number of pyridine rings is 1. The van der Waals surface area contributed by atoms with Gasteiger partial charge < -0.3 is 0 Å². The van der Waals surface area contributed by atoms with Crippen molar-refractivity contribution >= 4 is 11.3 Å². The molecule has 0 aliphatic heterocycles. The number of hydrogen-bond donors (Lipinski definition) is 0. The number of aryl methyl sites for hydroxylation is 1. The molecule has 0 atom stereocenters. The van der Waals surface area contributed by atoms with Crippen molar-refractivity contribution in [1.82, 2.24) is 9.97 Å². The fraction of sp³-hybridized carbons (Fsp3) is 0.0667. The van der Waals surface area contributed by atoms with Crippen molar-refractivity contribution in [1.29, 1.82) is 0 Å². The Morgan fingerprint density at radius 2 is 1.94 bits per heavy atom. The molecule has 2 nitrogen and oxygen atoms in total. The van der Waals surface area contributed by atoms with Crippen LogP contribution in [-0.2, 0) is 0 Å². The van der Waals surface area contributed by atoms with Gasteiger partial charge in [-0.2, -0.15) is 0 Å². The molecule has 2 aromatic heterocycles. The molecule has 18 heavy (non-hydrogen) atoms. The van der Waals surface area contributed by atoms with E-state index in [-0.39, 0.29) is 0 Å². The topological polar surface area (TPSA) is 25.8 Å². The molecule has 0 N–H and O–H groups in total. The molecule has 0 fully saturated rings. The monoisotopic (exact) mass is 251 g/mol. The highest BCUT2D eigenvalue weighted by Crippen LogP contribution is 2.32. The lowest BCUT2D eigenvalue weighted by molar-refractivity contribution is 1.31. The van der Waals surface area contributed by atoms with Gasteiger partial charge in [0.05, 0.1) is 5.69 Å². The van der Waals surface area contributed by atoms with E-state index in [1.54, 1.807) is 17.5 Å². The molecule has 1 radical (unpaired) electrons. The van der Waals surface area contributed by atoms with Gasteiger partial charge in [0.2, 0.25) is 0 Å². The zero-order valence-electron chi connectivity index (χ0n) is 9.92. The van der Waals surface area contributed by atoms with Crippen LogP contribution in [0, 0.1) is 13.0 Å². The van der Waals surface area contributed by atoms with E-state index in [4.69, 9.17) is 4.98 Å². The summed E-state index contributed by atoms with van der Waals surface area (Å²) in [6, 6.07) is 14.9. The Morgan fingerprint density at radius 3 is 2.67 bits per heavy atom. The molecular formula is C15H11N2S. The van der Waals surface area contributed by atoms with Crippen molar-refractivity contribution in [2.75, 3.05) is 0 Å². The molecule has 87 valence electrons. The van der Waals surface area contributed by atoms with Crippen molar-refractivity contribution in [2.24, 2.45) is 0 Å². The minimum Gasteiger partial charge on any atom is -0.264 e. The molecule has 0 aliphatic carbocycles. The second-order valence-electron chi connectivity index (χ2n) is 3.95. The zero-order valence-corrected chi connectivity index (χ0v) is 10.7. The zero-order chi connectivity index (χ0) is 12.4. The summed E-state index contributed by atoms with van der Waals surface area (Å²) in [4.78, 5) is 10.1. The van der Waals surface area contributed by atoms with E-state index in [0.29, 0.717) is 0 Å². The highest BCUT2D eigenvalue weighted by Gasteiger charge is 2.10. The fourth-order valence-corrected chi connectivity index (χ4v) is 2.75. The number of thiazole rings is 1. The maximum atomic E-state index is 4.71. The summed E-state index contributed by atoms with van der Waals surface area (Å²) in [5.74, 6) is 0. The van der Waals surface area contributed by atoms with Crippen LogP contribution in [0.25, 0.3) is 21.8 Å². The Morgan fingerprint density at radius 1 is 1.11 bits per heavy atom. The molecule has 3 heteroatoms. The van der Waals surface area contributed by atoms with Gasteiger partial charge >= 0.3 is 0 Å². The van der Waals surface area contributed by atoms with Gasteiger partial charge in [-0.05, 0) is 25.1 Å². The molecule has 0 amide bonds. The smallest absolute Gasteiger partial charge is 0.125 e. The van der Waals surface area contributed by atoms with Gasteiger partial charge in [0, 0.05) is 28.4 Å². The van der Waals surface area contributed by atoms with E-state index in [9.17, 15) is 0 Å². The lowest BCUT2D eigenvalue weighted by Gasteiger charge is -1.96. The van der Waals surface area contributed by atoms with Crippen LogP contribution in [0.1, 0.15) is 4.88 Å². The Hall–Kier alpha value is -2.00. The molecule has 3 aromatic rings. The minimum absolute atomic E-state index is 1.02. The molecule has 0 spiro atoms. The van der Waals surface area contributed by atoms with Crippen molar-refractivity contribution < 1.29 is 0 Å². The third-order valence-electron chi connectivity index (χ3n) is 2.70. The van der Waals surface area contributed by atoms with E-state index >= 15 is 0 Å². The molecule has 0 unspecified atom stereocenters. The average molecular weight is 251 g/mol. The fourth-order valence-electron chi connectivity index (χ4n) is 1.82. The van der Waals surface area contributed by atoms with E-state index in [0.717, 1.165) is 21.8 Å². The summed E-state index contributed by atoms with van der Waals surface area (Å²) in [7, 11) is 0.